The van der Waals surface area contributed by atoms with Crippen LogP contribution < -0.4 is 0 Å². The van der Waals surface area contributed by atoms with E-state index < -0.39 is 19.5 Å². The number of carboxylic acids is 1. The van der Waals surface area contributed by atoms with E-state index in [9.17, 15) is 13.8 Å². The minimum atomic E-state index is -5.08. The van der Waals surface area contributed by atoms with Crippen molar-refractivity contribution in [2.24, 2.45) is 0 Å². The van der Waals surface area contributed by atoms with Gasteiger partial charge in [-0.15, -0.1) is 0 Å². The average Bonchev–Trinajstić information content (AvgIpc) is 1.62. The van der Waals surface area contributed by atoms with E-state index in [4.69, 9.17) is 14.9 Å². The van der Waals surface area contributed by atoms with Crippen LogP contribution in [0, 0.1) is 0 Å². The number of aliphatic carboxylic acids is 1. The zero-order chi connectivity index (χ0) is 7.65. The standard InChI is InChI=1S/C2H4FO5P/c3-1(2(4)5)9(6,7)8/h1H,(H,4,5)(H2,6,7,8). The Balaban J connectivity index is 4.23. The second kappa shape index (κ2) is 2.43. The maximum absolute atomic E-state index is 11.7. The first-order valence-corrected chi connectivity index (χ1v) is 3.46. The molecule has 0 radical (unpaired) electrons. The molecule has 0 aromatic rings. The minimum Gasteiger partial charge on any atom is -0.479 e. The monoisotopic (exact) mass is 158 g/mol. The second-order valence-corrected chi connectivity index (χ2v) is 2.89. The highest BCUT2D eigenvalue weighted by Gasteiger charge is 2.35. The second-order valence-electron chi connectivity index (χ2n) is 1.26. The molecule has 0 saturated heterocycles. The summed E-state index contributed by atoms with van der Waals surface area (Å²) in [5.41, 5.74) is 0. The van der Waals surface area contributed by atoms with E-state index in [0.717, 1.165) is 0 Å². The number of carboxylic acid groups (broad SMARTS) is 1. The van der Waals surface area contributed by atoms with Gasteiger partial charge in [-0.05, 0) is 0 Å². The SMILES string of the molecule is O=C(O)C(F)P(=O)(O)O. The van der Waals surface area contributed by atoms with Crippen LogP contribution in [-0.4, -0.2) is 26.8 Å². The van der Waals surface area contributed by atoms with Gasteiger partial charge in [0.15, 0.2) is 0 Å². The summed E-state index contributed by atoms with van der Waals surface area (Å²) in [6.07, 6.45) is 0. The fourth-order valence-corrected chi connectivity index (χ4v) is 0.432. The molecule has 0 aliphatic heterocycles. The van der Waals surface area contributed by atoms with Gasteiger partial charge in [0.25, 0.3) is 5.91 Å². The van der Waals surface area contributed by atoms with Crippen molar-refractivity contribution in [3.05, 3.63) is 0 Å². The van der Waals surface area contributed by atoms with Gasteiger partial charge >= 0.3 is 13.6 Å². The van der Waals surface area contributed by atoms with Crippen LogP contribution in [-0.2, 0) is 9.36 Å². The van der Waals surface area contributed by atoms with Gasteiger partial charge in [-0.25, -0.2) is 9.18 Å². The van der Waals surface area contributed by atoms with E-state index in [1.54, 1.807) is 0 Å². The van der Waals surface area contributed by atoms with Crippen molar-refractivity contribution < 1.29 is 28.6 Å². The van der Waals surface area contributed by atoms with E-state index in [0.29, 0.717) is 0 Å². The lowest BCUT2D eigenvalue weighted by molar-refractivity contribution is -0.140. The fraction of sp³-hybridized carbons (Fsp3) is 0.500. The maximum atomic E-state index is 11.7. The summed E-state index contributed by atoms with van der Waals surface area (Å²) in [7, 11) is -5.08. The van der Waals surface area contributed by atoms with Crippen molar-refractivity contribution in [3.8, 4) is 0 Å². The molecule has 3 N–H and O–H groups in total. The van der Waals surface area contributed by atoms with Crippen molar-refractivity contribution in [3.63, 3.8) is 0 Å². The molecule has 54 valence electrons. The predicted molar refractivity (Wildman–Crippen MR) is 24.6 cm³/mol. The smallest absolute Gasteiger partial charge is 0.371 e. The molecule has 0 spiro atoms. The molecule has 0 heterocycles. The van der Waals surface area contributed by atoms with Gasteiger partial charge in [-0.1, -0.05) is 0 Å². The van der Waals surface area contributed by atoms with E-state index in [1.165, 1.54) is 0 Å². The molecule has 0 aliphatic rings. The first-order valence-electron chi connectivity index (χ1n) is 1.78. The summed E-state index contributed by atoms with van der Waals surface area (Å²) in [6.45, 7) is 0. The first-order chi connectivity index (χ1) is 3.85. The van der Waals surface area contributed by atoms with E-state index >= 15 is 0 Å². The largest absolute Gasteiger partial charge is 0.479 e. The Labute approximate surface area is 49.3 Å². The highest BCUT2D eigenvalue weighted by atomic mass is 31.2. The minimum absolute atomic E-state index is 2.15. The molecule has 0 rings (SSSR count). The number of halogens is 1. The fourth-order valence-electron chi connectivity index (χ4n) is 0.144. The zero-order valence-corrected chi connectivity index (χ0v) is 4.96. The topological polar surface area (TPSA) is 94.8 Å². The molecule has 0 saturated carbocycles. The molecule has 1 unspecified atom stereocenters. The molecule has 5 nitrogen and oxygen atoms in total. The Morgan fingerprint density at radius 3 is 1.89 bits per heavy atom. The highest BCUT2D eigenvalue weighted by Crippen LogP contribution is 2.41. The van der Waals surface area contributed by atoms with Crippen LogP contribution in [0.5, 0.6) is 0 Å². The summed E-state index contributed by atoms with van der Waals surface area (Å²) in [5.74, 6) is -5.25. The summed E-state index contributed by atoms with van der Waals surface area (Å²) in [5, 5.41) is 7.65. The van der Waals surface area contributed by atoms with Crippen molar-refractivity contribution in [2.75, 3.05) is 0 Å². The third-order valence-electron chi connectivity index (χ3n) is 0.499. The molecule has 0 bridgehead atoms. The number of alkyl halides is 1. The van der Waals surface area contributed by atoms with Crippen LogP contribution in [0.25, 0.3) is 0 Å². The normalized spacial score (nSPS) is 15.0. The van der Waals surface area contributed by atoms with Crippen LogP contribution in [0.1, 0.15) is 0 Å². The lowest BCUT2D eigenvalue weighted by atomic mass is 10.8. The Morgan fingerprint density at radius 2 is 1.89 bits per heavy atom. The van der Waals surface area contributed by atoms with E-state index in [1.807, 2.05) is 0 Å². The molecule has 9 heavy (non-hydrogen) atoms. The van der Waals surface area contributed by atoms with Crippen LogP contribution in [0.2, 0.25) is 0 Å². The third-order valence-corrected chi connectivity index (χ3v) is 1.31. The number of hydrogen-bond acceptors (Lipinski definition) is 2. The van der Waals surface area contributed by atoms with Gasteiger partial charge in [0, 0.05) is 0 Å². The Kier molecular flexibility index (Phi) is 2.31. The van der Waals surface area contributed by atoms with E-state index in [2.05, 4.69) is 0 Å². The Morgan fingerprint density at radius 1 is 1.56 bits per heavy atom. The summed E-state index contributed by atoms with van der Waals surface area (Å²) >= 11 is 0. The van der Waals surface area contributed by atoms with Crippen LogP contribution >= 0.6 is 7.60 Å². The molecule has 7 heteroatoms. The predicted octanol–water partition coefficient (Wildman–Crippen LogP) is -0.456. The van der Waals surface area contributed by atoms with Gasteiger partial charge in [0.1, 0.15) is 0 Å². The first kappa shape index (κ1) is 8.55. The molecule has 0 aliphatic carbocycles. The van der Waals surface area contributed by atoms with Gasteiger partial charge in [0.2, 0.25) is 0 Å². The van der Waals surface area contributed by atoms with Gasteiger partial charge in [-0.2, -0.15) is 0 Å². The number of carbonyl (C=O) groups is 1. The zero-order valence-electron chi connectivity index (χ0n) is 4.06. The Bertz CT molecular complexity index is 160. The summed E-state index contributed by atoms with van der Waals surface area (Å²) < 4.78 is 21.4. The molecular weight excluding hydrogens is 154 g/mol. The maximum Gasteiger partial charge on any atom is 0.371 e. The molecule has 0 aromatic heterocycles. The van der Waals surface area contributed by atoms with Gasteiger partial charge < -0.3 is 14.9 Å². The van der Waals surface area contributed by atoms with Crippen molar-refractivity contribution >= 4 is 13.6 Å². The highest BCUT2D eigenvalue weighted by molar-refractivity contribution is 7.53. The molecular formula is C2H4FO5P. The number of rotatable bonds is 2. The Hall–Kier alpha value is -0.450. The third kappa shape index (κ3) is 2.55. The molecule has 0 amide bonds. The van der Waals surface area contributed by atoms with E-state index in [-0.39, 0.29) is 0 Å². The molecule has 0 fully saturated rings. The van der Waals surface area contributed by atoms with Crippen molar-refractivity contribution in [2.45, 2.75) is 5.91 Å². The van der Waals surface area contributed by atoms with Crippen molar-refractivity contribution in [1.29, 1.82) is 0 Å². The van der Waals surface area contributed by atoms with Crippen LogP contribution in [0.3, 0.4) is 0 Å². The summed E-state index contributed by atoms with van der Waals surface area (Å²) in [6, 6.07) is 0. The lowest BCUT2D eigenvalue weighted by Crippen LogP contribution is -2.13. The number of hydrogen-bond donors (Lipinski definition) is 3. The molecule has 1 atom stereocenters. The molecule has 0 aromatic carbocycles. The quantitative estimate of drug-likeness (QED) is 0.473. The van der Waals surface area contributed by atoms with Crippen LogP contribution in [0.4, 0.5) is 4.39 Å². The van der Waals surface area contributed by atoms with Gasteiger partial charge in [-0.3, -0.25) is 4.57 Å². The average molecular weight is 158 g/mol. The van der Waals surface area contributed by atoms with Crippen molar-refractivity contribution in [1.82, 2.24) is 0 Å². The summed E-state index contributed by atoms with van der Waals surface area (Å²) in [4.78, 5) is 25.1. The van der Waals surface area contributed by atoms with Crippen LogP contribution in [0.15, 0.2) is 0 Å². The lowest BCUT2D eigenvalue weighted by Gasteiger charge is -2.02. The van der Waals surface area contributed by atoms with Gasteiger partial charge in [0.05, 0.1) is 0 Å².